The number of rotatable bonds is 4. The summed E-state index contributed by atoms with van der Waals surface area (Å²) < 4.78 is 25.3. The average Bonchev–Trinajstić information content (AvgIpc) is 2.86. The Kier molecular flexibility index (Phi) is 4.39. The van der Waals surface area contributed by atoms with Crippen LogP contribution >= 0.6 is 0 Å². The lowest BCUT2D eigenvalue weighted by molar-refractivity contribution is -0.129. The van der Waals surface area contributed by atoms with E-state index in [1.165, 1.54) is 0 Å². The minimum absolute atomic E-state index is 0.000950. The minimum Gasteiger partial charge on any atom is -0.299 e. The molecule has 0 amide bonds. The van der Waals surface area contributed by atoms with Crippen LogP contribution in [0.25, 0.3) is 0 Å². The van der Waals surface area contributed by atoms with Gasteiger partial charge in [0.15, 0.2) is 9.84 Å². The number of carbonyl (C=O) groups is 1. The first kappa shape index (κ1) is 16.7. The summed E-state index contributed by atoms with van der Waals surface area (Å²) in [5, 5.41) is 0. The largest absolute Gasteiger partial charge is 0.299 e. The third kappa shape index (κ3) is 2.98. The summed E-state index contributed by atoms with van der Waals surface area (Å²) in [6, 6.07) is 8.71. The molecule has 0 spiro atoms. The monoisotopic (exact) mass is 334 g/mol. The van der Waals surface area contributed by atoms with Gasteiger partial charge < -0.3 is 0 Å². The van der Waals surface area contributed by atoms with Crippen LogP contribution in [0.5, 0.6) is 0 Å². The lowest BCUT2D eigenvalue weighted by atomic mass is 9.62. The first-order valence-electron chi connectivity index (χ1n) is 8.65. The maximum Gasteiger partial charge on any atom is 0.178 e. The maximum atomic E-state index is 12.7. The molecule has 3 nitrogen and oxygen atoms in total. The molecule has 0 heterocycles. The molecule has 0 N–H and O–H groups in total. The van der Waals surface area contributed by atoms with Crippen molar-refractivity contribution in [1.82, 2.24) is 0 Å². The number of benzene rings is 1. The molecular formula is C19H26O3S. The van der Waals surface area contributed by atoms with Crippen molar-refractivity contribution in [3.05, 3.63) is 30.3 Å². The molecule has 0 saturated heterocycles. The SMILES string of the molecule is C[C@@H](CS(=O)(=O)c1ccccc1)C1CCC2C(=O)CCC[C@]21C. The molecule has 4 heteroatoms. The summed E-state index contributed by atoms with van der Waals surface area (Å²) in [4.78, 5) is 12.6. The zero-order chi connectivity index (χ0) is 16.7. The molecule has 1 aromatic rings. The second-order valence-electron chi connectivity index (χ2n) is 7.63. The molecule has 23 heavy (non-hydrogen) atoms. The van der Waals surface area contributed by atoms with Crippen LogP contribution in [0, 0.1) is 23.2 Å². The van der Waals surface area contributed by atoms with Crippen molar-refractivity contribution >= 4 is 15.6 Å². The van der Waals surface area contributed by atoms with E-state index in [1.54, 1.807) is 24.3 Å². The van der Waals surface area contributed by atoms with Crippen molar-refractivity contribution in [1.29, 1.82) is 0 Å². The fourth-order valence-electron chi connectivity index (χ4n) is 5.09. The topological polar surface area (TPSA) is 51.2 Å². The Labute approximate surface area is 139 Å². The fourth-order valence-corrected chi connectivity index (χ4v) is 6.78. The molecule has 0 bridgehead atoms. The van der Waals surface area contributed by atoms with Crippen LogP contribution in [-0.2, 0) is 14.6 Å². The number of sulfone groups is 1. The maximum absolute atomic E-state index is 12.7. The average molecular weight is 334 g/mol. The molecule has 2 fully saturated rings. The third-order valence-electron chi connectivity index (χ3n) is 6.21. The van der Waals surface area contributed by atoms with Crippen LogP contribution in [0.1, 0.15) is 46.0 Å². The van der Waals surface area contributed by atoms with E-state index in [-0.39, 0.29) is 23.0 Å². The molecule has 0 radical (unpaired) electrons. The van der Waals surface area contributed by atoms with Crippen molar-refractivity contribution in [3.63, 3.8) is 0 Å². The van der Waals surface area contributed by atoms with Gasteiger partial charge in [0.05, 0.1) is 10.6 Å². The lowest BCUT2D eigenvalue weighted by Crippen LogP contribution is -2.40. The highest BCUT2D eigenvalue weighted by Crippen LogP contribution is 2.56. The van der Waals surface area contributed by atoms with Gasteiger partial charge in [-0.15, -0.1) is 0 Å². The van der Waals surface area contributed by atoms with Gasteiger partial charge in [-0.2, -0.15) is 0 Å². The highest BCUT2D eigenvalue weighted by molar-refractivity contribution is 7.91. The first-order valence-corrected chi connectivity index (χ1v) is 10.3. The van der Waals surface area contributed by atoms with E-state index < -0.39 is 9.84 Å². The van der Waals surface area contributed by atoms with Gasteiger partial charge in [-0.1, -0.05) is 32.0 Å². The summed E-state index contributed by atoms with van der Waals surface area (Å²) in [5.74, 6) is 1.15. The number of Topliss-reactive ketones (excluding diaryl/α,β-unsaturated/α-hetero) is 1. The van der Waals surface area contributed by atoms with Crippen LogP contribution in [0.2, 0.25) is 0 Å². The Morgan fingerprint density at radius 2 is 1.91 bits per heavy atom. The summed E-state index contributed by atoms with van der Waals surface area (Å²) >= 11 is 0. The van der Waals surface area contributed by atoms with Crippen molar-refractivity contribution < 1.29 is 13.2 Å². The molecule has 4 atom stereocenters. The Morgan fingerprint density at radius 3 is 2.61 bits per heavy atom. The molecule has 2 unspecified atom stereocenters. The fraction of sp³-hybridized carbons (Fsp3) is 0.632. The standard InChI is InChI=1S/C19H26O3S/c1-14(13-23(21,22)15-7-4-3-5-8-15)16-10-11-17-18(20)9-6-12-19(16,17)2/h3-5,7-8,14,16-17H,6,9-13H2,1-2H3/t14-,16?,17?,19-/m0/s1. The van der Waals surface area contributed by atoms with Crippen LogP contribution in [-0.4, -0.2) is 20.0 Å². The molecule has 3 rings (SSSR count). The highest BCUT2D eigenvalue weighted by Gasteiger charge is 2.52. The zero-order valence-electron chi connectivity index (χ0n) is 14.0. The number of hydrogen-bond acceptors (Lipinski definition) is 3. The second-order valence-corrected chi connectivity index (χ2v) is 9.67. The molecule has 2 aliphatic rings. The molecule has 0 aliphatic heterocycles. The Bertz CT molecular complexity index is 680. The molecule has 126 valence electrons. The van der Waals surface area contributed by atoms with Gasteiger partial charge in [0.1, 0.15) is 5.78 Å². The number of hydrogen-bond donors (Lipinski definition) is 0. The van der Waals surface area contributed by atoms with E-state index >= 15 is 0 Å². The van der Waals surface area contributed by atoms with Crippen molar-refractivity contribution in [2.45, 2.75) is 50.8 Å². The van der Waals surface area contributed by atoms with Crippen LogP contribution < -0.4 is 0 Å². The Morgan fingerprint density at radius 1 is 1.22 bits per heavy atom. The molecule has 0 aromatic heterocycles. The lowest BCUT2D eigenvalue weighted by Gasteiger charge is -2.42. The quantitative estimate of drug-likeness (QED) is 0.839. The van der Waals surface area contributed by atoms with Gasteiger partial charge in [-0.25, -0.2) is 8.42 Å². The number of ketones is 1. The summed E-state index contributed by atoms with van der Waals surface area (Å²) in [6.07, 6.45) is 4.65. The third-order valence-corrected chi connectivity index (χ3v) is 8.16. The second kappa shape index (κ2) is 6.04. The van der Waals surface area contributed by atoms with E-state index in [4.69, 9.17) is 0 Å². The predicted octanol–water partition coefficient (Wildman–Crippen LogP) is 3.88. The Balaban J connectivity index is 1.79. The first-order chi connectivity index (χ1) is 10.8. The van der Waals surface area contributed by atoms with Crippen LogP contribution in [0.3, 0.4) is 0 Å². The smallest absolute Gasteiger partial charge is 0.178 e. The molecule has 2 aliphatic carbocycles. The van der Waals surface area contributed by atoms with Gasteiger partial charge in [0.2, 0.25) is 0 Å². The van der Waals surface area contributed by atoms with E-state index in [1.807, 2.05) is 6.07 Å². The van der Waals surface area contributed by atoms with Gasteiger partial charge in [-0.05, 0) is 55.1 Å². The van der Waals surface area contributed by atoms with Crippen molar-refractivity contribution in [3.8, 4) is 0 Å². The molecule has 1 aromatic carbocycles. The summed E-state index contributed by atoms with van der Waals surface area (Å²) in [6.45, 7) is 4.27. The highest BCUT2D eigenvalue weighted by atomic mass is 32.2. The normalized spacial score (nSPS) is 32.5. The zero-order valence-corrected chi connectivity index (χ0v) is 14.8. The van der Waals surface area contributed by atoms with Crippen molar-refractivity contribution in [2.24, 2.45) is 23.2 Å². The molecular weight excluding hydrogens is 308 g/mol. The Hall–Kier alpha value is -1.16. The number of fused-ring (bicyclic) bond motifs is 1. The van der Waals surface area contributed by atoms with E-state index in [2.05, 4.69) is 13.8 Å². The summed E-state index contributed by atoms with van der Waals surface area (Å²) in [7, 11) is -3.26. The summed E-state index contributed by atoms with van der Waals surface area (Å²) in [5.41, 5.74) is 0.000950. The van der Waals surface area contributed by atoms with E-state index in [0.717, 1.165) is 25.7 Å². The van der Waals surface area contributed by atoms with Gasteiger partial charge >= 0.3 is 0 Å². The van der Waals surface area contributed by atoms with Crippen LogP contribution in [0.15, 0.2) is 35.2 Å². The minimum atomic E-state index is -3.26. The van der Waals surface area contributed by atoms with Crippen LogP contribution in [0.4, 0.5) is 0 Å². The molecule has 2 saturated carbocycles. The van der Waals surface area contributed by atoms with E-state index in [0.29, 0.717) is 23.0 Å². The van der Waals surface area contributed by atoms with E-state index in [9.17, 15) is 13.2 Å². The van der Waals surface area contributed by atoms with Crippen molar-refractivity contribution in [2.75, 3.05) is 5.75 Å². The van der Waals surface area contributed by atoms with Gasteiger partial charge in [0, 0.05) is 12.3 Å². The number of carbonyl (C=O) groups excluding carboxylic acids is 1. The van der Waals surface area contributed by atoms with Gasteiger partial charge in [0.25, 0.3) is 0 Å². The predicted molar refractivity (Wildman–Crippen MR) is 90.8 cm³/mol. The van der Waals surface area contributed by atoms with Gasteiger partial charge in [-0.3, -0.25) is 4.79 Å².